The van der Waals surface area contributed by atoms with Crippen molar-refractivity contribution in [2.24, 2.45) is 0 Å². The molecule has 4 aromatic rings. The van der Waals surface area contributed by atoms with Crippen molar-refractivity contribution >= 4 is 22.9 Å². The molecule has 1 aliphatic carbocycles. The summed E-state index contributed by atoms with van der Waals surface area (Å²) in [6.45, 7) is 2.03. The van der Waals surface area contributed by atoms with E-state index < -0.39 is 0 Å². The highest BCUT2D eigenvalue weighted by molar-refractivity contribution is 7.10. The van der Waals surface area contributed by atoms with Crippen LogP contribution in [-0.2, 0) is 5.41 Å². The second kappa shape index (κ2) is 6.27. The SMILES string of the molecule is CNC(=O)c1ccc(C2(c3nc(-c4c(C)nc5ccccn45)cs3)CC2)cc1. The van der Waals surface area contributed by atoms with Crippen molar-refractivity contribution in [1.82, 2.24) is 19.7 Å². The molecule has 0 spiro atoms. The van der Waals surface area contributed by atoms with E-state index in [1.165, 1.54) is 5.56 Å². The molecular weight excluding hydrogens is 368 g/mol. The zero-order chi connectivity index (χ0) is 19.3. The van der Waals surface area contributed by atoms with Gasteiger partial charge >= 0.3 is 0 Å². The van der Waals surface area contributed by atoms with E-state index in [-0.39, 0.29) is 11.3 Å². The molecule has 5 nitrogen and oxygen atoms in total. The van der Waals surface area contributed by atoms with Crippen LogP contribution in [0.25, 0.3) is 17.0 Å². The number of hydrogen-bond acceptors (Lipinski definition) is 4. The van der Waals surface area contributed by atoms with Gasteiger partial charge in [0.25, 0.3) is 5.91 Å². The number of carbonyl (C=O) groups excluding carboxylic acids is 1. The molecule has 1 fully saturated rings. The number of benzene rings is 1. The Kier molecular flexibility index (Phi) is 3.84. The predicted molar refractivity (Wildman–Crippen MR) is 111 cm³/mol. The molecule has 28 heavy (non-hydrogen) atoms. The van der Waals surface area contributed by atoms with Gasteiger partial charge < -0.3 is 5.32 Å². The monoisotopic (exact) mass is 388 g/mol. The van der Waals surface area contributed by atoms with Crippen LogP contribution in [-0.4, -0.2) is 27.3 Å². The maximum atomic E-state index is 11.8. The van der Waals surface area contributed by atoms with E-state index in [2.05, 4.69) is 32.2 Å². The third-order valence-electron chi connectivity index (χ3n) is 5.54. The summed E-state index contributed by atoms with van der Waals surface area (Å²) in [6.07, 6.45) is 4.21. The summed E-state index contributed by atoms with van der Waals surface area (Å²) in [5.41, 5.74) is 5.87. The summed E-state index contributed by atoms with van der Waals surface area (Å²) in [6, 6.07) is 14.0. The van der Waals surface area contributed by atoms with Gasteiger partial charge in [0, 0.05) is 29.6 Å². The van der Waals surface area contributed by atoms with Crippen molar-refractivity contribution in [2.45, 2.75) is 25.2 Å². The van der Waals surface area contributed by atoms with Gasteiger partial charge in [0.05, 0.1) is 11.4 Å². The van der Waals surface area contributed by atoms with E-state index in [9.17, 15) is 4.79 Å². The molecule has 0 aliphatic heterocycles. The van der Waals surface area contributed by atoms with Crippen LogP contribution >= 0.6 is 11.3 Å². The summed E-state index contributed by atoms with van der Waals surface area (Å²) in [7, 11) is 1.65. The van der Waals surface area contributed by atoms with E-state index in [1.807, 2.05) is 43.5 Å². The maximum Gasteiger partial charge on any atom is 0.251 e. The molecule has 140 valence electrons. The molecule has 1 saturated carbocycles. The second-order valence-electron chi connectivity index (χ2n) is 7.25. The molecule has 1 N–H and O–H groups in total. The van der Waals surface area contributed by atoms with Gasteiger partial charge in [0.15, 0.2) is 0 Å². The largest absolute Gasteiger partial charge is 0.355 e. The molecule has 3 heterocycles. The molecule has 1 amide bonds. The number of imidazole rings is 1. The van der Waals surface area contributed by atoms with Crippen molar-refractivity contribution in [3.05, 3.63) is 75.9 Å². The smallest absolute Gasteiger partial charge is 0.251 e. The molecule has 3 aromatic heterocycles. The highest BCUT2D eigenvalue weighted by Crippen LogP contribution is 2.54. The van der Waals surface area contributed by atoms with Gasteiger partial charge in [-0.2, -0.15) is 0 Å². The summed E-state index contributed by atoms with van der Waals surface area (Å²) < 4.78 is 2.10. The van der Waals surface area contributed by atoms with Gasteiger partial charge in [0.2, 0.25) is 0 Å². The highest BCUT2D eigenvalue weighted by Gasteiger charge is 2.48. The minimum Gasteiger partial charge on any atom is -0.355 e. The first-order valence-corrected chi connectivity index (χ1v) is 10.2. The lowest BCUT2D eigenvalue weighted by molar-refractivity contribution is 0.0963. The quantitative estimate of drug-likeness (QED) is 0.570. The van der Waals surface area contributed by atoms with Gasteiger partial charge in [-0.15, -0.1) is 11.3 Å². The number of thiazole rings is 1. The van der Waals surface area contributed by atoms with Crippen LogP contribution in [0.3, 0.4) is 0 Å². The highest BCUT2D eigenvalue weighted by atomic mass is 32.1. The molecule has 0 unspecified atom stereocenters. The molecule has 5 rings (SSSR count). The topological polar surface area (TPSA) is 59.3 Å². The van der Waals surface area contributed by atoms with E-state index in [0.717, 1.165) is 40.6 Å². The van der Waals surface area contributed by atoms with Crippen LogP contribution in [0.1, 0.15) is 39.5 Å². The molecule has 6 heteroatoms. The van der Waals surface area contributed by atoms with E-state index in [0.29, 0.717) is 5.56 Å². The molecule has 0 saturated heterocycles. The summed E-state index contributed by atoms with van der Waals surface area (Å²) in [5.74, 6) is -0.0592. The van der Waals surface area contributed by atoms with Gasteiger partial charge in [-0.1, -0.05) is 18.2 Å². The minimum absolute atomic E-state index is 0.0153. The number of pyridine rings is 1. The van der Waals surface area contributed by atoms with Crippen molar-refractivity contribution in [1.29, 1.82) is 0 Å². The number of fused-ring (bicyclic) bond motifs is 1. The number of nitrogens with zero attached hydrogens (tertiary/aromatic N) is 3. The number of aryl methyl sites for hydroxylation is 1. The molecule has 0 radical (unpaired) electrons. The lowest BCUT2D eigenvalue weighted by Crippen LogP contribution is -2.18. The minimum atomic E-state index is -0.0592. The summed E-state index contributed by atoms with van der Waals surface area (Å²) >= 11 is 1.71. The fourth-order valence-corrected chi connectivity index (χ4v) is 4.95. The first-order valence-electron chi connectivity index (χ1n) is 9.35. The zero-order valence-corrected chi connectivity index (χ0v) is 16.6. The van der Waals surface area contributed by atoms with Crippen LogP contribution in [0.4, 0.5) is 0 Å². The Morgan fingerprint density at radius 2 is 1.93 bits per heavy atom. The Morgan fingerprint density at radius 1 is 1.14 bits per heavy atom. The Bertz CT molecular complexity index is 1180. The molecule has 1 aliphatic rings. The lowest BCUT2D eigenvalue weighted by atomic mass is 9.95. The van der Waals surface area contributed by atoms with Crippen LogP contribution in [0.5, 0.6) is 0 Å². The standard InChI is InChI=1S/C22H20N4OS/c1-14-19(26-12-4-3-5-18(26)24-14)17-13-28-21(25-17)22(10-11-22)16-8-6-15(7-9-16)20(27)23-2/h3-9,12-13H,10-11H2,1-2H3,(H,23,27). The number of amides is 1. The van der Waals surface area contributed by atoms with E-state index >= 15 is 0 Å². The van der Waals surface area contributed by atoms with Gasteiger partial charge in [-0.05, 0) is 49.6 Å². The van der Waals surface area contributed by atoms with Crippen molar-refractivity contribution in [3.8, 4) is 11.4 Å². The fraction of sp³-hybridized carbons (Fsp3) is 0.227. The van der Waals surface area contributed by atoms with Crippen molar-refractivity contribution in [3.63, 3.8) is 0 Å². The normalized spacial score (nSPS) is 14.9. The third-order valence-corrected chi connectivity index (χ3v) is 6.58. The Balaban J connectivity index is 1.52. The van der Waals surface area contributed by atoms with E-state index in [4.69, 9.17) is 4.98 Å². The van der Waals surface area contributed by atoms with Crippen molar-refractivity contribution < 1.29 is 4.79 Å². The van der Waals surface area contributed by atoms with Gasteiger partial charge in [0.1, 0.15) is 16.3 Å². The Labute approximate surface area is 167 Å². The molecular formula is C22H20N4OS. The van der Waals surface area contributed by atoms with Crippen LogP contribution in [0, 0.1) is 6.92 Å². The maximum absolute atomic E-state index is 11.8. The number of carbonyl (C=O) groups is 1. The average Bonchev–Trinajstić information content (AvgIpc) is 3.26. The first kappa shape index (κ1) is 17.1. The van der Waals surface area contributed by atoms with Crippen LogP contribution in [0.15, 0.2) is 54.0 Å². The Hall–Kier alpha value is -2.99. The van der Waals surface area contributed by atoms with Crippen molar-refractivity contribution in [2.75, 3.05) is 7.05 Å². The number of nitrogens with one attached hydrogen (secondary N) is 1. The predicted octanol–water partition coefficient (Wildman–Crippen LogP) is 4.21. The van der Waals surface area contributed by atoms with E-state index in [1.54, 1.807) is 18.4 Å². The van der Waals surface area contributed by atoms with Crippen LogP contribution < -0.4 is 5.32 Å². The average molecular weight is 388 g/mol. The number of aromatic nitrogens is 3. The molecule has 1 aromatic carbocycles. The number of rotatable bonds is 4. The number of hydrogen-bond donors (Lipinski definition) is 1. The van der Waals surface area contributed by atoms with Gasteiger partial charge in [-0.3, -0.25) is 9.20 Å². The second-order valence-corrected chi connectivity index (χ2v) is 8.11. The lowest BCUT2D eigenvalue weighted by Gasteiger charge is -2.13. The molecule has 0 bridgehead atoms. The van der Waals surface area contributed by atoms with Gasteiger partial charge in [-0.25, -0.2) is 9.97 Å². The molecule has 0 atom stereocenters. The summed E-state index contributed by atoms with van der Waals surface area (Å²) in [4.78, 5) is 21.5. The third kappa shape index (κ3) is 2.56. The summed E-state index contributed by atoms with van der Waals surface area (Å²) in [5, 5.41) is 5.94. The fourth-order valence-electron chi connectivity index (χ4n) is 3.86. The Morgan fingerprint density at radius 3 is 2.64 bits per heavy atom. The zero-order valence-electron chi connectivity index (χ0n) is 15.8. The van der Waals surface area contributed by atoms with Crippen LogP contribution in [0.2, 0.25) is 0 Å². The first-order chi connectivity index (χ1) is 13.6.